The van der Waals surface area contributed by atoms with Gasteiger partial charge in [0.2, 0.25) is 0 Å². The molecule has 37 heavy (non-hydrogen) atoms. The lowest BCUT2D eigenvalue weighted by atomic mass is 9.68. The Morgan fingerprint density at radius 2 is 1.92 bits per heavy atom. The van der Waals surface area contributed by atoms with Gasteiger partial charge in [0.25, 0.3) is 0 Å². The van der Waals surface area contributed by atoms with E-state index in [-0.39, 0.29) is 23.8 Å². The van der Waals surface area contributed by atoms with Gasteiger partial charge < -0.3 is 10.5 Å². The van der Waals surface area contributed by atoms with E-state index in [0.29, 0.717) is 40.4 Å². The van der Waals surface area contributed by atoms with Crippen LogP contribution in [0, 0.1) is 16.7 Å². The van der Waals surface area contributed by atoms with E-state index >= 15 is 0 Å². The molecule has 0 fully saturated rings. The molecule has 0 radical (unpaired) electrons. The summed E-state index contributed by atoms with van der Waals surface area (Å²) in [5.74, 6) is -0.564. The van der Waals surface area contributed by atoms with Crippen LogP contribution in [0.25, 0.3) is 0 Å². The molecule has 0 bridgehead atoms. The maximum absolute atomic E-state index is 13.8. The van der Waals surface area contributed by atoms with Gasteiger partial charge in [0.1, 0.15) is 10.8 Å². The molecule has 1 unspecified atom stereocenters. The molecule has 7 heteroatoms. The highest BCUT2D eigenvalue weighted by Gasteiger charge is 2.46. The third kappa shape index (κ3) is 4.38. The zero-order chi connectivity index (χ0) is 26.3. The number of anilines is 1. The van der Waals surface area contributed by atoms with E-state index in [2.05, 4.69) is 19.9 Å². The zero-order valence-corrected chi connectivity index (χ0v) is 22.5. The van der Waals surface area contributed by atoms with Crippen molar-refractivity contribution in [3.8, 4) is 6.07 Å². The lowest BCUT2D eigenvalue weighted by Crippen LogP contribution is -2.42. The van der Waals surface area contributed by atoms with E-state index in [4.69, 9.17) is 10.5 Å². The predicted octanol–water partition coefficient (Wildman–Crippen LogP) is 6.13. The number of rotatable bonds is 4. The van der Waals surface area contributed by atoms with Gasteiger partial charge in [-0.05, 0) is 55.6 Å². The molecule has 6 nitrogen and oxygen atoms in total. The Hall–Kier alpha value is -3.37. The number of benzene rings is 1. The highest BCUT2D eigenvalue weighted by atomic mass is 32.1. The van der Waals surface area contributed by atoms with Crippen molar-refractivity contribution < 1.29 is 14.3 Å². The lowest BCUT2D eigenvalue weighted by Gasteiger charge is -2.43. The monoisotopic (exact) mass is 515 g/mol. The number of Topliss-reactive ketones (excluding diaryl/α,β-unsaturated/α-hetero) is 1. The normalized spacial score (nSPS) is 21.2. The number of hydrogen-bond acceptors (Lipinski definition) is 7. The minimum atomic E-state index is -0.523. The van der Waals surface area contributed by atoms with Gasteiger partial charge in [-0.1, -0.05) is 50.6 Å². The van der Waals surface area contributed by atoms with Gasteiger partial charge in [-0.15, -0.1) is 11.3 Å². The molecule has 1 aliphatic heterocycles. The lowest BCUT2D eigenvalue weighted by molar-refractivity contribution is -0.118. The van der Waals surface area contributed by atoms with Crippen LogP contribution in [0.4, 0.5) is 5.00 Å². The van der Waals surface area contributed by atoms with Crippen molar-refractivity contribution in [3.05, 3.63) is 74.6 Å². The molecule has 1 aromatic carbocycles. The number of nitrogens with zero attached hydrogens (tertiary/aromatic N) is 2. The highest BCUT2D eigenvalue weighted by Crippen LogP contribution is 2.52. The number of carbonyl (C=O) groups is 2. The van der Waals surface area contributed by atoms with Crippen LogP contribution in [-0.2, 0) is 22.4 Å². The SMILES string of the molecule is CCOC(=O)c1c(N2C(N)=C(C#N)C(c3ccccc3)C3=C2CC(C)(C)CC3=O)sc2c1CCCCC2. The maximum Gasteiger partial charge on any atom is 0.341 e. The number of hydrogen-bond donors (Lipinski definition) is 1. The van der Waals surface area contributed by atoms with Crippen molar-refractivity contribution in [3.63, 3.8) is 0 Å². The third-order valence-corrected chi connectivity index (χ3v) is 8.88. The summed E-state index contributed by atoms with van der Waals surface area (Å²) in [7, 11) is 0. The quantitative estimate of drug-likeness (QED) is 0.388. The number of nitriles is 1. The average Bonchev–Trinajstić information content (AvgIpc) is 3.05. The van der Waals surface area contributed by atoms with E-state index in [1.54, 1.807) is 18.3 Å². The van der Waals surface area contributed by atoms with Crippen LogP contribution in [0.5, 0.6) is 0 Å². The van der Waals surface area contributed by atoms with Crippen molar-refractivity contribution >= 4 is 28.1 Å². The third-order valence-electron chi connectivity index (χ3n) is 7.60. The van der Waals surface area contributed by atoms with Crippen molar-refractivity contribution in [1.29, 1.82) is 5.26 Å². The minimum Gasteiger partial charge on any atom is -0.462 e. The summed E-state index contributed by atoms with van der Waals surface area (Å²) in [6.45, 7) is 6.24. The zero-order valence-electron chi connectivity index (χ0n) is 21.7. The summed E-state index contributed by atoms with van der Waals surface area (Å²) < 4.78 is 5.54. The number of fused-ring (bicyclic) bond motifs is 1. The first kappa shape index (κ1) is 25.3. The van der Waals surface area contributed by atoms with Crippen LogP contribution < -0.4 is 10.6 Å². The molecule has 1 atom stereocenters. The molecular formula is C30H33N3O3S. The molecule has 1 aromatic heterocycles. The fourth-order valence-corrected chi connectivity index (χ4v) is 7.43. The van der Waals surface area contributed by atoms with Gasteiger partial charge in [-0.3, -0.25) is 9.69 Å². The van der Waals surface area contributed by atoms with Gasteiger partial charge in [0.15, 0.2) is 5.78 Å². The predicted molar refractivity (Wildman–Crippen MR) is 145 cm³/mol. The first-order valence-electron chi connectivity index (χ1n) is 13.1. The Labute approximate surface area is 222 Å². The van der Waals surface area contributed by atoms with E-state index < -0.39 is 5.92 Å². The van der Waals surface area contributed by atoms with Crippen LogP contribution in [-0.4, -0.2) is 18.4 Å². The first-order chi connectivity index (χ1) is 17.8. The van der Waals surface area contributed by atoms with Crippen LogP contribution in [0.15, 0.2) is 53.0 Å². The second kappa shape index (κ2) is 9.83. The summed E-state index contributed by atoms with van der Waals surface area (Å²) in [6.07, 6.45) is 5.93. The summed E-state index contributed by atoms with van der Waals surface area (Å²) in [5.41, 5.74) is 10.8. The topological polar surface area (TPSA) is 96.4 Å². The molecule has 2 heterocycles. The number of thiophene rings is 1. The van der Waals surface area contributed by atoms with E-state index in [9.17, 15) is 14.9 Å². The van der Waals surface area contributed by atoms with Crippen LogP contribution >= 0.6 is 11.3 Å². The van der Waals surface area contributed by atoms with Crippen molar-refractivity contribution in [2.45, 2.75) is 71.6 Å². The second-order valence-corrected chi connectivity index (χ2v) is 11.9. The fourth-order valence-electron chi connectivity index (χ4n) is 6.02. The minimum absolute atomic E-state index is 0.0288. The largest absolute Gasteiger partial charge is 0.462 e. The Morgan fingerprint density at radius 3 is 2.62 bits per heavy atom. The molecule has 3 aliphatic rings. The summed E-state index contributed by atoms with van der Waals surface area (Å²) in [5, 5.41) is 11.0. The van der Waals surface area contributed by atoms with Crippen LogP contribution in [0.3, 0.4) is 0 Å². The first-order valence-corrected chi connectivity index (χ1v) is 13.9. The van der Waals surface area contributed by atoms with E-state index in [1.165, 1.54) is 4.88 Å². The molecule has 0 saturated carbocycles. The Balaban J connectivity index is 1.79. The fraction of sp³-hybridized carbons (Fsp3) is 0.433. The van der Waals surface area contributed by atoms with Crippen LogP contribution in [0.2, 0.25) is 0 Å². The number of allylic oxidation sites excluding steroid dienone is 3. The highest BCUT2D eigenvalue weighted by molar-refractivity contribution is 7.16. The second-order valence-electron chi connectivity index (χ2n) is 10.9. The van der Waals surface area contributed by atoms with Crippen LogP contribution in [0.1, 0.15) is 85.2 Å². The van der Waals surface area contributed by atoms with Crippen molar-refractivity contribution in [1.82, 2.24) is 0 Å². The van der Waals surface area contributed by atoms with Gasteiger partial charge >= 0.3 is 5.97 Å². The number of carbonyl (C=O) groups excluding carboxylic acids is 2. The molecule has 2 N–H and O–H groups in total. The molecule has 2 aliphatic carbocycles. The van der Waals surface area contributed by atoms with Gasteiger partial charge in [0, 0.05) is 22.6 Å². The summed E-state index contributed by atoms with van der Waals surface area (Å²) >= 11 is 1.56. The van der Waals surface area contributed by atoms with E-state index in [0.717, 1.165) is 48.9 Å². The molecule has 5 rings (SSSR count). The van der Waals surface area contributed by atoms with Gasteiger partial charge in [-0.2, -0.15) is 5.26 Å². The average molecular weight is 516 g/mol. The molecular weight excluding hydrogens is 482 g/mol. The number of aryl methyl sites for hydroxylation is 1. The number of nitrogens with two attached hydrogens (primary N) is 1. The Morgan fingerprint density at radius 1 is 1.19 bits per heavy atom. The number of ketones is 1. The summed E-state index contributed by atoms with van der Waals surface area (Å²) in [4.78, 5) is 30.2. The molecule has 2 aromatic rings. The van der Waals surface area contributed by atoms with Crippen molar-refractivity contribution in [2.24, 2.45) is 11.1 Å². The van der Waals surface area contributed by atoms with Crippen molar-refractivity contribution in [2.75, 3.05) is 11.5 Å². The summed E-state index contributed by atoms with van der Waals surface area (Å²) in [6, 6.07) is 12.0. The molecule has 192 valence electrons. The van der Waals surface area contributed by atoms with Gasteiger partial charge in [0.05, 0.1) is 29.7 Å². The number of ether oxygens (including phenoxy) is 1. The van der Waals surface area contributed by atoms with E-state index in [1.807, 2.05) is 35.2 Å². The standard InChI is InChI=1S/C30H33N3O3S/c1-4-36-29(35)25-19-13-9-6-10-14-23(19)37-28(25)33-21-15-30(2,3)16-22(34)26(21)24(20(17-31)27(33)32)18-11-7-5-8-12-18/h5,7-8,11-12,24H,4,6,9-10,13-16,32H2,1-3H3. The molecule has 0 amide bonds. The smallest absolute Gasteiger partial charge is 0.341 e. The molecule has 0 spiro atoms. The number of esters is 1. The Bertz CT molecular complexity index is 1360. The molecule has 0 saturated heterocycles. The Kier molecular flexibility index (Phi) is 6.72. The van der Waals surface area contributed by atoms with Gasteiger partial charge in [-0.25, -0.2) is 4.79 Å². The maximum atomic E-state index is 13.8.